The van der Waals surface area contributed by atoms with Gasteiger partial charge in [0, 0.05) is 11.3 Å². The molecule has 0 fully saturated rings. The molecule has 0 aliphatic heterocycles. The minimum Gasteiger partial charge on any atom is -0.336 e. The van der Waals surface area contributed by atoms with Crippen molar-refractivity contribution in [3.8, 4) is 0 Å². The third-order valence-electron chi connectivity index (χ3n) is 1.09. The summed E-state index contributed by atoms with van der Waals surface area (Å²) >= 11 is 0. The van der Waals surface area contributed by atoms with Crippen LogP contribution in [-0.2, 0) is 0 Å². The smallest absolute Gasteiger partial charge is 0.194 e. The number of H-pyrrole nitrogens is 1. The number of aromatic nitrogens is 1. The monoisotopic (exact) mass is 113 g/mol. The van der Waals surface area contributed by atoms with Gasteiger partial charge in [0.05, 0.1) is 0 Å². The fraction of sp³-hybridized carbons (Fsp3) is 0.333. The summed E-state index contributed by atoms with van der Waals surface area (Å²) in [6, 6.07) is 1.77. The van der Waals surface area contributed by atoms with E-state index >= 15 is 0 Å². The number of halogens is 1. The number of aryl methyl sites for hydroxylation is 2. The van der Waals surface area contributed by atoms with Crippen molar-refractivity contribution >= 4 is 0 Å². The average molecular weight is 113 g/mol. The Balaban J connectivity index is 3.14. The summed E-state index contributed by atoms with van der Waals surface area (Å²) in [6.45, 7) is 3.56. The molecule has 1 nitrogen and oxygen atoms in total. The molecule has 0 amide bonds. The van der Waals surface area contributed by atoms with Crippen molar-refractivity contribution in [3.63, 3.8) is 0 Å². The van der Waals surface area contributed by atoms with E-state index in [4.69, 9.17) is 0 Å². The quantitative estimate of drug-likeness (QED) is 0.527. The summed E-state index contributed by atoms with van der Waals surface area (Å²) in [5.41, 5.74) is 1.56. The van der Waals surface area contributed by atoms with Crippen molar-refractivity contribution < 1.29 is 4.39 Å². The van der Waals surface area contributed by atoms with E-state index in [0.29, 0.717) is 5.56 Å². The molecule has 0 atom stereocenters. The van der Waals surface area contributed by atoms with Crippen LogP contribution in [0.4, 0.5) is 4.39 Å². The van der Waals surface area contributed by atoms with Gasteiger partial charge in [0.1, 0.15) is 0 Å². The zero-order valence-electron chi connectivity index (χ0n) is 4.96. The van der Waals surface area contributed by atoms with Crippen LogP contribution < -0.4 is 0 Å². The molecule has 0 unspecified atom stereocenters. The van der Waals surface area contributed by atoms with E-state index in [0.717, 1.165) is 5.69 Å². The van der Waals surface area contributed by atoms with Crippen LogP contribution >= 0.6 is 0 Å². The number of aromatic amines is 1. The van der Waals surface area contributed by atoms with E-state index in [2.05, 4.69) is 4.98 Å². The van der Waals surface area contributed by atoms with Crippen molar-refractivity contribution in [3.05, 3.63) is 23.3 Å². The molecule has 0 radical (unpaired) electrons. The summed E-state index contributed by atoms with van der Waals surface area (Å²) < 4.78 is 12.3. The van der Waals surface area contributed by atoms with Crippen LogP contribution in [0.15, 0.2) is 6.07 Å². The lowest BCUT2D eigenvalue weighted by Crippen LogP contribution is -1.72. The third-order valence-corrected chi connectivity index (χ3v) is 1.09. The Morgan fingerprint density at radius 3 is 2.25 bits per heavy atom. The van der Waals surface area contributed by atoms with Crippen LogP contribution in [0.5, 0.6) is 0 Å². The van der Waals surface area contributed by atoms with Crippen molar-refractivity contribution in [1.29, 1.82) is 0 Å². The van der Waals surface area contributed by atoms with Gasteiger partial charge in [-0.3, -0.25) is 0 Å². The summed E-state index contributed by atoms with van der Waals surface area (Å²) in [4.78, 5) is 2.54. The van der Waals surface area contributed by atoms with Crippen LogP contribution in [0.25, 0.3) is 0 Å². The van der Waals surface area contributed by atoms with Crippen molar-refractivity contribution in [2.75, 3.05) is 0 Å². The molecule has 2 heteroatoms. The Hall–Kier alpha value is -0.790. The van der Waals surface area contributed by atoms with Crippen LogP contribution in [0.2, 0.25) is 0 Å². The molecule has 1 aromatic heterocycles. The predicted octanol–water partition coefficient (Wildman–Crippen LogP) is 1.77. The summed E-state index contributed by atoms with van der Waals surface area (Å²) in [6.07, 6.45) is 0. The van der Waals surface area contributed by atoms with Gasteiger partial charge in [-0.05, 0) is 19.9 Å². The highest BCUT2D eigenvalue weighted by atomic mass is 19.1. The molecule has 0 saturated carbocycles. The SMILES string of the molecule is Cc1cc(C)c(F)[nH]1. The number of nitrogens with one attached hydrogen (secondary N) is 1. The Morgan fingerprint density at radius 2 is 2.12 bits per heavy atom. The van der Waals surface area contributed by atoms with Gasteiger partial charge in [-0.15, -0.1) is 0 Å². The van der Waals surface area contributed by atoms with Gasteiger partial charge in [0.15, 0.2) is 5.95 Å². The standard InChI is InChI=1S/C6H8FN/c1-4-3-5(2)8-6(4)7/h3,8H,1-2H3. The normalized spacial score (nSPS) is 9.88. The highest BCUT2D eigenvalue weighted by Gasteiger charge is 1.96. The topological polar surface area (TPSA) is 15.8 Å². The summed E-state index contributed by atoms with van der Waals surface area (Å²) in [5, 5.41) is 0. The zero-order chi connectivity index (χ0) is 6.15. The van der Waals surface area contributed by atoms with Crippen LogP contribution in [-0.4, -0.2) is 4.98 Å². The molecule has 0 aliphatic carbocycles. The van der Waals surface area contributed by atoms with Gasteiger partial charge in [-0.1, -0.05) is 0 Å². The van der Waals surface area contributed by atoms with E-state index in [-0.39, 0.29) is 5.95 Å². The summed E-state index contributed by atoms with van der Waals surface area (Å²) in [5.74, 6) is -0.220. The maximum absolute atomic E-state index is 12.3. The van der Waals surface area contributed by atoms with Crippen LogP contribution in [0.3, 0.4) is 0 Å². The lowest BCUT2D eigenvalue weighted by atomic mass is 10.3. The second-order valence-corrected chi connectivity index (χ2v) is 1.95. The first-order valence-corrected chi connectivity index (χ1v) is 2.52. The first-order chi connectivity index (χ1) is 3.70. The molecule has 0 spiro atoms. The van der Waals surface area contributed by atoms with Gasteiger partial charge in [0.25, 0.3) is 0 Å². The Kier molecular flexibility index (Phi) is 1.08. The third kappa shape index (κ3) is 0.735. The van der Waals surface area contributed by atoms with E-state index in [9.17, 15) is 4.39 Å². The zero-order valence-corrected chi connectivity index (χ0v) is 4.96. The summed E-state index contributed by atoms with van der Waals surface area (Å²) in [7, 11) is 0. The Labute approximate surface area is 47.5 Å². The molecule has 1 rings (SSSR count). The predicted molar refractivity (Wildman–Crippen MR) is 30.2 cm³/mol. The maximum atomic E-state index is 12.3. The molecule has 1 N–H and O–H groups in total. The number of rotatable bonds is 0. The minimum absolute atomic E-state index is 0.220. The lowest BCUT2D eigenvalue weighted by Gasteiger charge is -1.76. The average Bonchev–Trinajstić information content (AvgIpc) is 1.85. The van der Waals surface area contributed by atoms with Crippen LogP contribution in [0.1, 0.15) is 11.3 Å². The molecule has 1 aromatic rings. The number of hydrogen-bond acceptors (Lipinski definition) is 0. The van der Waals surface area contributed by atoms with Gasteiger partial charge < -0.3 is 4.98 Å². The minimum atomic E-state index is -0.220. The van der Waals surface area contributed by atoms with Gasteiger partial charge in [-0.25, -0.2) is 0 Å². The highest BCUT2D eigenvalue weighted by molar-refractivity contribution is 5.14. The first kappa shape index (κ1) is 5.35. The van der Waals surface area contributed by atoms with Crippen molar-refractivity contribution in [2.45, 2.75) is 13.8 Å². The van der Waals surface area contributed by atoms with E-state index < -0.39 is 0 Å². The fourth-order valence-electron chi connectivity index (χ4n) is 0.696. The highest BCUT2D eigenvalue weighted by Crippen LogP contribution is 2.04. The number of hydrogen-bond donors (Lipinski definition) is 1. The molecular formula is C6H8FN. The fourth-order valence-corrected chi connectivity index (χ4v) is 0.696. The molecule has 1 heterocycles. The van der Waals surface area contributed by atoms with Crippen molar-refractivity contribution in [2.24, 2.45) is 0 Å². The van der Waals surface area contributed by atoms with E-state index in [1.54, 1.807) is 13.0 Å². The van der Waals surface area contributed by atoms with E-state index in [1.165, 1.54) is 0 Å². The molecule has 0 saturated heterocycles. The molecule has 0 aromatic carbocycles. The Morgan fingerprint density at radius 1 is 1.50 bits per heavy atom. The van der Waals surface area contributed by atoms with Gasteiger partial charge in [-0.2, -0.15) is 4.39 Å². The maximum Gasteiger partial charge on any atom is 0.194 e. The molecule has 0 aliphatic rings. The molecule has 8 heavy (non-hydrogen) atoms. The second kappa shape index (κ2) is 1.62. The first-order valence-electron chi connectivity index (χ1n) is 2.52. The lowest BCUT2D eigenvalue weighted by molar-refractivity contribution is 0.581. The van der Waals surface area contributed by atoms with E-state index in [1.807, 2.05) is 6.92 Å². The molecular weight excluding hydrogens is 105 g/mol. The second-order valence-electron chi connectivity index (χ2n) is 1.95. The Bertz CT molecular complexity index is 171. The van der Waals surface area contributed by atoms with Crippen molar-refractivity contribution in [1.82, 2.24) is 4.98 Å². The van der Waals surface area contributed by atoms with Gasteiger partial charge >= 0.3 is 0 Å². The molecule has 44 valence electrons. The van der Waals surface area contributed by atoms with Gasteiger partial charge in [0.2, 0.25) is 0 Å². The van der Waals surface area contributed by atoms with Crippen LogP contribution in [0, 0.1) is 19.8 Å². The molecule has 0 bridgehead atoms. The largest absolute Gasteiger partial charge is 0.336 e.